The molecule has 112 valence electrons. The lowest BCUT2D eigenvalue weighted by Gasteiger charge is -2.32. The first-order chi connectivity index (χ1) is 9.24. The van der Waals surface area contributed by atoms with E-state index < -0.39 is 5.54 Å². The molecule has 1 aromatic rings. The summed E-state index contributed by atoms with van der Waals surface area (Å²) in [5, 5.41) is 3.60. The summed E-state index contributed by atoms with van der Waals surface area (Å²) in [5.74, 6) is -0.288. The number of carbonyl (C=O) groups is 1. The second kappa shape index (κ2) is 7.14. The van der Waals surface area contributed by atoms with Crippen LogP contribution in [0.2, 0.25) is 0 Å². The summed E-state index contributed by atoms with van der Waals surface area (Å²) >= 11 is 1.79. The Morgan fingerprint density at radius 1 is 1.35 bits per heavy atom. The molecule has 0 bridgehead atoms. The van der Waals surface area contributed by atoms with Gasteiger partial charge in [-0.3, -0.25) is 4.79 Å². The van der Waals surface area contributed by atoms with Crippen molar-refractivity contribution in [2.75, 3.05) is 0 Å². The molecule has 0 saturated heterocycles. The van der Waals surface area contributed by atoms with Gasteiger partial charge in [0.1, 0.15) is 0 Å². The summed E-state index contributed by atoms with van der Waals surface area (Å²) in [4.78, 5) is 13.0. The molecule has 4 heteroatoms. The highest BCUT2D eigenvalue weighted by molar-refractivity contribution is 8.00. The number of nitrogens with two attached hydrogens (primary N) is 1. The molecule has 0 fully saturated rings. The first kappa shape index (κ1) is 17.1. The molecule has 1 amide bonds. The smallest absolute Gasteiger partial charge is 0.237 e. The van der Waals surface area contributed by atoms with Gasteiger partial charge in [0.05, 0.1) is 5.54 Å². The van der Waals surface area contributed by atoms with Crippen molar-refractivity contribution in [3.63, 3.8) is 0 Å². The van der Waals surface area contributed by atoms with Gasteiger partial charge in [0.25, 0.3) is 0 Å². The number of thioether (sulfide) groups is 1. The van der Waals surface area contributed by atoms with Crippen LogP contribution in [0.5, 0.6) is 0 Å². The zero-order chi connectivity index (χ0) is 15.3. The van der Waals surface area contributed by atoms with Crippen LogP contribution < -0.4 is 11.1 Å². The summed E-state index contributed by atoms with van der Waals surface area (Å²) in [6.45, 7) is 10.2. The first-order valence-corrected chi connectivity index (χ1v) is 7.92. The van der Waals surface area contributed by atoms with Gasteiger partial charge in [-0.15, -0.1) is 11.8 Å². The third-order valence-electron chi connectivity index (χ3n) is 3.27. The number of primary amides is 1. The fourth-order valence-corrected chi connectivity index (χ4v) is 3.65. The molecule has 0 saturated carbocycles. The van der Waals surface area contributed by atoms with Gasteiger partial charge in [-0.25, -0.2) is 0 Å². The van der Waals surface area contributed by atoms with Crippen LogP contribution in [0.4, 0.5) is 0 Å². The van der Waals surface area contributed by atoms with Crippen LogP contribution >= 0.6 is 11.8 Å². The maximum absolute atomic E-state index is 11.8. The summed E-state index contributed by atoms with van der Waals surface area (Å²) < 4.78 is 0. The monoisotopic (exact) mass is 294 g/mol. The topological polar surface area (TPSA) is 55.1 Å². The largest absolute Gasteiger partial charge is 0.368 e. The Morgan fingerprint density at radius 2 is 1.95 bits per heavy atom. The Kier molecular flexibility index (Phi) is 6.08. The molecule has 2 atom stereocenters. The van der Waals surface area contributed by atoms with E-state index in [2.05, 4.69) is 31.3 Å². The molecule has 0 aliphatic carbocycles. The minimum absolute atomic E-state index is 0.225. The predicted molar refractivity (Wildman–Crippen MR) is 87.0 cm³/mol. The molecule has 0 aliphatic heterocycles. The van der Waals surface area contributed by atoms with Gasteiger partial charge in [-0.2, -0.15) is 0 Å². The van der Waals surface area contributed by atoms with Crippen LogP contribution in [-0.2, 0) is 4.79 Å². The maximum Gasteiger partial charge on any atom is 0.237 e. The van der Waals surface area contributed by atoms with E-state index in [1.54, 1.807) is 11.8 Å². The number of aryl methyl sites for hydroxylation is 1. The fourth-order valence-electron chi connectivity index (χ4n) is 2.39. The third-order valence-corrected chi connectivity index (χ3v) is 4.55. The summed E-state index contributed by atoms with van der Waals surface area (Å²) in [5.41, 5.74) is 6.18. The lowest BCUT2D eigenvalue weighted by Crippen LogP contribution is -2.56. The van der Waals surface area contributed by atoms with E-state index >= 15 is 0 Å². The van der Waals surface area contributed by atoms with Crippen LogP contribution in [0, 0.1) is 6.92 Å². The van der Waals surface area contributed by atoms with Crippen LogP contribution in [0.1, 0.15) is 39.7 Å². The lowest BCUT2D eigenvalue weighted by molar-refractivity contribution is -0.124. The van der Waals surface area contributed by atoms with Crippen molar-refractivity contribution in [3.8, 4) is 0 Å². The average Bonchev–Trinajstić information content (AvgIpc) is 2.30. The molecule has 0 aliphatic rings. The molecule has 1 rings (SSSR count). The Bertz CT molecular complexity index is 462. The second-order valence-electron chi connectivity index (χ2n) is 5.89. The Hall–Kier alpha value is -1.00. The molecular formula is C16H26N2OS. The molecule has 0 aromatic heterocycles. The molecular weight excluding hydrogens is 268 g/mol. The van der Waals surface area contributed by atoms with Crippen LogP contribution in [0.15, 0.2) is 29.2 Å². The lowest BCUT2D eigenvalue weighted by atomic mass is 9.94. The summed E-state index contributed by atoms with van der Waals surface area (Å²) in [6.07, 6.45) is 0.708. The van der Waals surface area contributed by atoms with Crippen LogP contribution in [0.25, 0.3) is 0 Å². The number of nitrogens with one attached hydrogen (secondary N) is 1. The molecule has 0 spiro atoms. The predicted octanol–water partition coefficient (Wildman–Crippen LogP) is 3.11. The van der Waals surface area contributed by atoms with Crippen molar-refractivity contribution in [1.29, 1.82) is 0 Å². The van der Waals surface area contributed by atoms with E-state index in [1.165, 1.54) is 10.5 Å². The number of hydrogen-bond donors (Lipinski definition) is 2. The number of benzene rings is 1. The molecule has 2 unspecified atom stereocenters. The van der Waals surface area contributed by atoms with Gasteiger partial charge in [0.15, 0.2) is 0 Å². The molecule has 3 N–H and O–H groups in total. The third kappa shape index (κ3) is 4.84. The van der Waals surface area contributed by atoms with Gasteiger partial charge in [-0.05, 0) is 45.7 Å². The molecule has 20 heavy (non-hydrogen) atoms. The van der Waals surface area contributed by atoms with Gasteiger partial charge in [-0.1, -0.05) is 25.1 Å². The standard InChI is InChI=1S/C16H26N2OS/c1-11(2)18-16(5,15(17)19)10-13(4)20-14-9-7-6-8-12(14)3/h6-9,11,13,18H,10H2,1-5H3,(H2,17,19). The SMILES string of the molecule is Cc1ccccc1SC(C)CC(C)(NC(C)C)C(N)=O. The average molecular weight is 294 g/mol. The number of rotatable bonds is 7. The number of hydrogen-bond acceptors (Lipinski definition) is 3. The van der Waals surface area contributed by atoms with E-state index in [0.29, 0.717) is 11.7 Å². The minimum Gasteiger partial charge on any atom is -0.368 e. The summed E-state index contributed by atoms with van der Waals surface area (Å²) in [6, 6.07) is 8.53. The maximum atomic E-state index is 11.8. The zero-order valence-electron chi connectivity index (χ0n) is 13.1. The normalized spacial score (nSPS) is 15.9. The molecule has 1 aromatic carbocycles. The molecule has 3 nitrogen and oxygen atoms in total. The highest BCUT2D eigenvalue weighted by Crippen LogP contribution is 2.30. The van der Waals surface area contributed by atoms with Crippen LogP contribution in [0.3, 0.4) is 0 Å². The van der Waals surface area contributed by atoms with Crippen molar-refractivity contribution in [1.82, 2.24) is 5.32 Å². The number of carbonyl (C=O) groups excluding carboxylic acids is 1. The van der Waals surface area contributed by atoms with E-state index in [4.69, 9.17) is 5.73 Å². The first-order valence-electron chi connectivity index (χ1n) is 7.04. The zero-order valence-corrected chi connectivity index (χ0v) is 13.9. The Labute approximate surface area is 126 Å². The Morgan fingerprint density at radius 3 is 2.45 bits per heavy atom. The van der Waals surface area contributed by atoms with Crippen molar-refractivity contribution >= 4 is 17.7 Å². The van der Waals surface area contributed by atoms with Crippen LogP contribution in [-0.4, -0.2) is 22.7 Å². The number of amides is 1. The van der Waals surface area contributed by atoms with E-state index in [-0.39, 0.29) is 11.9 Å². The highest BCUT2D eigenvalue weighted by atomic mass is 32.2. The second-order valence-corrected chi connectivity index (χ2v) is 7.37. The van der Waals surface area contributed by atoms with Gasteiger partial charge in [0, 0.05) is 16.2 Å². The molecule has 0 radical (unpaired) electrons. The van der Waals surface area contributed by atoms with Gasteiger partial charge < -0.3 is 11.1 Å². The van der Waals surface area contributed by atoms with Gasteiger partial charge >= 0.3 is 0 Å². The molecule has 0 heterocycles. The van der Waals surface area contributed by atoms with Gasteiger partial charge in [0.2, 0.25) is 5.91 Å². The van der Waals surface area contributed by atoms with E-state index in [1.807, 2.05) is 32.9 Å². The van der Waals surface area contributed by atoms with Crippen molar-refractivity contribution in [2.24, 2.45) is 5.73 Å². The quantitative estimate of drug-likeness (QED) is 0.760. The van der Waals surface area contributed by atoms with Crippen molar-refractivity contribution in [2.45, 2.75) is 62.8 Å². The minimum atomic E-state index is -0.663. The van der Waals surface area contributed by atoms with Crippen molar-refractivity contribution in [3.05, 3.63) is 29.8 Å². The highest BCUT2D eigenvalue weighted by Gasteiger charge is 2.33. The van der Waals surface area contributed by atoms with E-state index in [0.717, 1.165) is 0 Å². The fraction of sp³-hybridized carbons (Fsp3) is 0.562. The summed E-state index contributed by atoms with van der Waals surface area (Å²) in [7, 11) is 0. The Balaban J connectivity index is 2.74. The van der Waals surface area contributed by atoms with Crippen molar-refractivity contribution < 1.29 is 4.79 Å². The van der Waals surface area contributed by atoms with E-state index in [9.17, 15) is 4.79 Å².